The zero-order chi connectivity index (χ0) is 28.2. The van der Waals surface area contributed by atoms with Crippen molar-refractivity contribution in [1.29, 1.82) is 0 Å². The molecule has 12 heteroatoms. The van der Waals surface area contributed by atoms with Crippen LogP contribution in [0.2, 0.25) is 20.1 Å². The predicted octanol–water partition coefficient (Wildman–Crippen LogP) is 5.46. The molecule has 0 radical (unpaired) electrons. The standard InChI is InChI=1S/C26H24Cl4N2O6/c1-14(22(15-4-6-17(27)19(29)10-15)16-5-7-18(28)20(30)11-16)38-13-26(2,12-33)31-25(35)23-24(34)21(37-3)8-9-32(23)36/h4-12,14,22H,13H2,1-3H3,(H2-,31,34,35,36)/p+1/t14-,26?/m0/s1. The fourth-order valence-electron chi connectivity index (χ4n) is 3.86. The van der Waals surface area contributed by atoms with Crippen molar-refractivity contribution in [1.82, 2.24) is 5.32 Å². The van der Waals surface area contributed by atoms with Crippen LogP contribution in [-0.4, -0.2) is 47.9 Å². The van der Waals surface area contributed by atoms with E-state index in [1.165, 1.54) is 20.1 Å². The van der Waals surface area contributed by atoms with Crippen LogP contribution in [-0.2, 0) is 9.53 Å². The topological polar surface area (TPSA) is 109 Å². The number of aromatic nitrogens is 1. The normalized spacial score (nSPS) is 13.6. The number of amides is 1. The average molecular weight is 603 g/mol. The number of hydrogen-bond donors (Lipinski definition) is 3. The minimum absolute atomic E-state index is 0.0378. The Bertz CT molecular complexity index is 1300. The Labute approximate surface area is 239 Å². The third kappa shape index (κ3) is 6.62. The molecular formula is C26H25Cl4N2O6+. The highest BCUT2D eigenvalue weighted by Crippen LogP contribution is 2.36. The summed E-state index contributed by atoms with van der Waals surface area (Å²) in [5, 5.41) is 24.3. The minimum Gasteiger partial charge on any atom is -0.499 e. The van der Waals surface area contributed by atoms with E-state index in [-0.39, 0.29) is 12.4 Å². The van der Waals surface area contributed by atoms with Crippen molar-refractivity contribution < 1.29 is 34.1 Å². The molecule has 1 amide bonds. The molecule has 2 atom stereocenters. The van der Waals surface area contributed by atoms with Gasteiger partial charge in [-0.3, -0.25) is 10.0 Å². The first-order valence-corrected chi connectivity index (χ1v) is 12.7. The van der Waals surface area contributed by atoms with E-state index in [0.29, 0.717) is 31.1 Å². The molecule has 0 aliphatic carbocycles. The molecule has 0 aliphatic rings. The molecular weight excluding hydrogens is 578 g/mol. The van der Waals surface area contributed by atoms with Crippen LogP contribution in [0.1, 0.15) is 41.4 Å². The fourth-order valence-corrected chi connectivity index (χ4v) is 4.47. The number of rotatable bonds is 10. The van der Waals surface area contributed by atoms with Crippen LogP contribution in [0.15, 0.2) is 48.7 Å². The maximum Gasteiger partial charge on any atom is 0.366 e. The van der Waals surface area contributed by atoms with Crippen LogP contribution < -0.4 is 14.8 Å². The molecule has 8 nitrogen and oxygen atoms in total. The molecule has 0 bridgehead atoms. The lowest BCUT2D eigenvalue weighted by atomic mass is 9.87. The highest BCUT2D eigenvalue weighted by atomic mass is 35.5. The molecule has 202 valence electrons. The number of nitrogens with one attached hydrogen (secondary N) is 1. The number of benzene rings is 2. The van der Waals surface area contributed by atoms with Gasteiger partial charge in [-0.05, 0) is 49.2 Å². The number of methoxy groups -OCH3 is 1. The molecule has 3 rings (SSSR count). The first-order chi connectivity index (χ1) is 17.9. The Hall–Kier alpha value is -2.75. The van der Waals surface area contributed by atoms with E-state index in [2.05, 4.69) is 5.32 Å². The Kier molecular flexibility index (Phi) is 9.73. The summed E-state index contributed by atoms with van der Waals surface area (Å²) in [4.78, 5) is 25.0. The largest absolute Gasteiger partial charge is 0.499 e. The number of aromatic hydroxyl groups is 1. The first kappa shape index (κ1) is 29.8. The highest BCUT2D eigenvalue weighted by molar-refractivity contribution is 6.42. The number of hydrogen-bond acceptors (Lipinski definition) is 6. The van der Waals surface area contributed by atoms with Crippen molar-refractivity contribution in [2.24, 2.45) is 0 Å². The zero-order valence-electron chi connectivity index (χ0n) is 20.5. The van der Waals surface area contributed by atoms with E-state index >= 15 is 0 Å². The second-order valence-corrected chi connectivity index (χ2v) is 10.4. The molecule has 38 heavy (non-hydrogen) atoms. The van der Waals surface area contributed by atoms with Crippen LogP contribution in [0.25, 0.3) is 0 Å². The van der Waals surface area contributed by atoms with E-state index < -0.39 is 34.9 Å². The van der Waals surface area contributed by atoms with Gasteiger partial charge in [0, 0.05) is 10.6 Å². The van der Waals surface area contributed by atoms with Gasteiger partial charge in [0.25, 0.3) is 0 Å². The van der Waals surface area contributed by atoms with Gasteiger partial charge in [-0.2, -0.15) is 0 Å². The zero-order valence-corrected chi connectivity index (χ0v) is 23.6. The van der Waals surface area contributed by atoms with Gasteiger partial charge < -0.3 is 24.7 Å². The molecule has 3 aromatic rings. The third-order valence-electron chi connectivity index (χ3n) is 5.87. The summed E-state index contributed by atoms with van der Waals surface area (Å²) in [6.07, 6.45) is 1.06. The Morgan fingerprint density at radius 1 is 1.05 bits per heavy atom. The number of carbonyl (C=O) groups excluding carboxylic acids is 2. The van der Waals surface area contributed by atoms with E-state index in [1.807, 2.05) is 0 Å². The van der Waals surface area contributed by atoms with Gasteiger partial charge in [-0.15, -0.1) is 0 Å². The Morgan fingerprint density at radius 2 is 1.61 bits per heavy atom. The van der Waals surface area contributed by atoms with E-state index in [4.69, 9.17) is 55.9 Å². The van der Waals surface area contributed by atoms with Crippen molar-refractivity contribution in [3.8, 4) is 11.5 Å². The Balaban J connectivity index is 1.87. The third-order valence-corrected chi connectivity index (χ3v) is 7.35. The molecule has 0 aliphatic heterocycles. The molecule has 0 spiro atoms. The highest BCUT2D eigenvalue weighted by Gasteiger charge is 2.36. The second kappa shape index (κ2) is 12.4. The number of pyridine rings is 1. The SMILES string of the molecule is COc1cc[n+](O)c(C(=O)NC(C)(C=O)CO[C@@H](C)C(c2ccc(Cl)c(Cl)c2)c2ccc(Cl)c(Cl)c2)c1O. The fraction of sp³-hybridized carbons (Fsp3) is 0.269. The maximum absolute atomic E-state index is 12.9. The van der Waals surface area contributed by atoms with Crippen molar-refractivity contribution in [3.05, 3.63) is 85.6 Å². The van der Waals surface area contributed by atoms with Gasteiger partial charge in [-0.1, -0.05) is 58.5 Å². The minimum atomic E-state index is -1.53. The van der Waals surface area contributed by atoms with Crippen LogP contribution in [0.3, 0.4) is 0 Å². The maximum atomic E-state index is 12.9. The molecule has 0 saturated carbocycles. The predicted molar refractivity (Wildman–Crippen MR) is 144 cm³/mol. The molecule has 2 aromatic carbocycles. The summed E-state index contributed by atoms with van der Waals surface area (Å²) in [5.41, 5.74) is -0.516. The number of halogens is 4. The first-order valence-electron chi connectivity index (χ1n) is 11.2. The smallest absolute Gasteiger partial charge is 0.366 e. The number of nitrogens with zero attached hydrogens (tertiary/aromatic N) is 1. The molecule has 0 saturated heterocycles. The lowest BCUT2D eigenvalue weighted by molar-refractivity contribution is -0.906. The van der Waals surface area contributed by atoms with Crippen molar-refractivity contribution in [2.45, 2.75) is 31.4 Å². The average Bonchev–Trinajstić information content (AvgIpc) is 2.87. The van der Waals surface area contributed by atoms with E-state index in [0.717, 1.165) is 17.3 Å². The molecule has 1 heterocycles. The number of carbonyl (C=O) groups is 2. The summed E-state index contributed by atoms with van der Waals surface area (Å²) >= 11 is 24.8. The van der Waals surface area contributed by atoms with Crippen LogP contribution in [0, 0.1) is 0 Å². The summed E-state index contributed by atoms with van der Waals surface area (Å²) in [6.45, 7) is 2.98. The van der Waals surface area contributed by atoms with E-state index in [1.54, 1.807) is 43.3 Å². The van der Waals surface area contributed by atoms with Gasteiger partial charge in [0.15, 0.2) is 5.75 Å². The summed E-state index contributed by atoms with van der Waals surface area (Å²) < 4.78 is 11.5. The summed E-state index contributed by atoms with van der Waals surface area (Å²) in [5.74, 6) is -1.98. The van der Waals surface area contributed by atoms with Crippen LogP contribution in [0.4, 0.5) is 0 Å². The van der Waals surface area contributed by atoms with Gasteiger partial charge in [0.2, 0.25) is 11.9 Å². The van der Waals surface area contributed by atoms with Gasteiger partial charge >= 0.3 is 11.6 Å². The quantitative estimate of drug-likeness (QED) is 0.161. The molecule has 0 fully saturated rings. The van der Waals surface area contributed by atoms with Gasteiger partial charge in [0.05, 0.1) is 46.0 Å². The molecule has 3 N–H and O–H groups in total. The molecule has 1 unspecified atom stereocenters. The van der Waals surface area contributed by atoms with Crippen LogP contribution >= 0.6 is 46.4 Å². The van der Waals surface area contributed by atoms with Crippen LogP contribution in [0.5, 0.6) is 11.5 Å². The monoisotopic (exact) mass is 601 g/mol. The Morgan fingerprint density at radius 3 is 2.08 bits per heavy atom. The van der Waals surface area contributed by atoms with Gasteiger partial charge in [0.1, 0.15) is 11.8 Å². The number of aldehydes is 1. The van der Waals surface area contributed by atoms with E-state index in [9.17, 15) is 19.9 Å². The lowest BCUT2D eigenvalue weighted by Crippen LogP contribution is -2.54. The van der Waals surface area contributed by atoms with Crippen molar-refractivity contribution >= 4 is 58.6 Å². The lowest BCUT2D eigenvalue weighted by Gasteiger charge is -2.30. The van der Waals surface area contributed by atoms with Crippen molar-refractivity contribution in [3.63, 3.8) is 0 Å². The second-order valence-electron chi connectivity index (χ2n) is 8.76. The number of ether oxygens (including phenoxy) is 2. The van der Waals surface area contributed by atoms with Crippen molar-refractivity contribution in [2.75, 3.05) is 13.7 Å². The molecule has 1 aromatic heterocycles. The summed E-state index contributed by atoms with van der Waals surface area (Å²) in [6, 6.07) is 11.6. The summed E-state index contributed by atoms with van der Waals surface area (Å²) in [7, 11) is 1.29. The van der Waals surface area contributed by atoms with Gasteiger partial charge in [-0.25, -0.2) is 0 Å².